The first-order valence-electron chi connectivity index (χ1n) is 7.39. The molecule has 0 aromatic carbocycles. The van der Waals surface area contributed by atoms with Crippen molar-refractivity contribution in [3.63, 3.8) is 0 Å². The Morgan fingerprint density at radius 2 is 1.85 bits per heavy atom. The maximum absolute atomic E-state index is 12.4. The standard InChI is InChI=1S/C14H24N2O4/c1-15(10-11-5-8-20-9-6-11)14(19)16(12-2-3-12)7-4-13(17)18/h11-12H,2-10H2,1H3,(H,17,18). The molecular formula is C14H24N2O4. The van der Waals surface area contributed by atoms with Gasteiger partial charge in [0, 0.05) is 39.4 Å². The molecule has 6 nitrogen and oxygen atoms in total. The Labute approximate surface area is 119 Å². The lowest BCUT2D eigenvalue weighted by molar-refractivity contribution is -0.137. The van der Waals surface area contributed by atoms with Crippen LogP contribution in [0.25, 0.3) is 0 Å². The fourth-order valence-corrected chi connectivity index (χ4v) is 2.65. The number of carbonyl (C=O) groups excluding carboxylic acids is 1. The zero-order valence-corrected chi connectivity index (χ0v) is 12.1. The Balaban J connectivity index is 1.83. The quantitative estimate of drug-likeness (QED) is 0.800. The average molecular weight is 284 g/mol. The zero-order valence-electron chi connectivity index (χ0n) is 12.1. The summed E-state index contributed by atoms with van der Waals surface area (Å²) in [7, 11) is 1.81. The maximum Gasteiger partial charge on any atom is 0.320 e. The fourth-order valence-electron chi connectivity index (χ4n) is 2.65. The van der Waals surface area contributed by atoms with E-state index in [4.69, 9.17) is 9.84 Å². The highest BCUT2D eigenvalue weighted by Gasteiger charge is 2.34. The zero-order chi connectivity index (χ0) is 14.5. The maximum atomic E-state index is 12.4. The molecule has 2 aliphatic rings. The van der Waals surface area contributed by atoms with Crippen molar-refractivity contribution in [2.45, 2.75) is 38.1 Å². The minimum atomic E-state index is -0.851. The van der Waals surface area contributed by atoms with Crippen molar-refractivity contribution < 1.29 is 19.4 Å². The molecule has 0 bridgehead atoms. The molecule has 1 aliphatic carbocycles. The Bertz CT molecular complexity index is 351. The van der Waals surface area contributed by atoms with Crippen LogP contribution >= 0.6 is 0 Å². The average Bonchev–Trinajstić information content (AvgIpc) is 3.24. The number of carboxylic acid groups (broad SMARTS) is 1. The van der Waals surface area contributed by atoms with Crippen LogP contribution in [0.4, 0.5) is 4.79 Å². The van der Waals surface area contributed by atoms with E-state index in [1.54, 1.807) is 9.80 Å². The summed E-state index contributed by atoms with van der Waals surface area (Å²) in [5.74, 6) is -0.353. The van der Waals surface area contributed by atoms with Crippen molar-refractivity contribution >= 4 is 12.0 Å². The largest absolute Gasteiger partial charge is 0.481 e. The minimum Gasteiger partial charge on any atom is -0.481 e. The summed E-state index contributed by atoms with van der Waals surface area (Å²) < 4.78 is 5.32. The van der Waals surface area contributed by atoms with E-state index in [2.05, 4.69) is 0 Å². The van der Waals surface area contributed by atoms with Gasteiger partial charge in [0.25, 0.3) is 0 Å². The summed E-state index contributed by atoms with van der Waals surface area (Å²) in [5, 5.41) is 8.78. The van der Waals surface area contributed by atoms with Gasteiger partial charge in [-0.2, -0.15) is 0 Å². The Morgan fingerprint density at radius 1 is 1.20 bits per heavy atom. The normalized spacial score (nSPS) is 19.6. The van der Waals surface area contributed by atoms with Crippen LogP contribution in [0, 0.1) is 5.92 Å². The van der Waals surface area contributed by atoms with Crippen LogP contribution in [0.2, 0.25) is 0 Å². The monoisotopic (exact) mass is 284 g/mol. The van der Waals surface area contributed by atoms with Crippen molar-refractivity contribution in [2.24, 2.45) is 5.92 Å². The molecule has 0 atom stereocenters. The Kier molecular flexibility index (Phi) is 5.23. The third-order valence-electron chi connectivity index (χ3n) is 4.00. The van der Waals surface area contributed by atoms with Gasteiger partial charge in [0.2, 0.25) is 0 Å². The SMILES string of the molecule is CN(CC1CCOCC1)C(=O)N(CCC(=O)O)C1CC1. The van der Waals surface area contributed by atoms with Gasteiger partial charge >= 0.3 is 12.0 Å². The van der Waals surface area contributed by atoms with Crippen molar-refractivity contribution in [2.75, 3.05) is 33.4 Å². The van der Waals surface area contributed by atoms with E-state index < -0.39 is 5.97 Å². The van der Waals surface area contributed by atoms with Crippen LogP contribution in [-0.4, -0.2) is 66.3 Å². The van der Waals surface area contributed by atoms with Crippen LogP contribution in [-0.2, 0) is 9.53 Å². The third kappa shape index (κ3) is 4.37. The lowest BCUT2D eigenvalue weighted by Gasteiger charge is -2.31. The van der Waals surface area contributed by atoms with Gasteiger partial charge < -0.3 is 19.6 Å². The molecule has 1 aliphatic heterocycles. The number of ether oxygens (including phenoxy) is 1. The van der Waals surface area contributed by atoms with Crippen LogP contribution in [0.3, 0.4) is 0 Å². The molecule has 0 unspecified atom stereocenters. The molecule has 2 amide bonds. The first kappa shape index (κ1) is 15.1. The minimum absolute atomic E-state index is 0.0212. The smallest absolute Gasteiger partial charge is 0.320 e. The Hall–Kier alpha value is -1.30. The number of aliphatic carboxylic acids is 1. The van der Waals surface area contributed by atoms with E-state index in [9.17, 15) is 9.59 Å². The van der Waals surface area contributed by atoms with E-state index in [1.807, 2.05) is 7.05 Å². The number of urea groups is 1. The first-order chi connectivity index (χ1) is 9.58. The number of rotatable bonds is 6. The summed E-state index contributed by atoms with van der Waals surface area (Å²) in [6.07, 6.45) is 4.01. The molecule has 1 N–H and O–H groups in total. The molecule has 1 saturated carbocycles. The van der Waals surface area contributed by atoms with Crippen LogP contribution < -0.4 is 0 Å². The molecule has 20 heavy (non-hydrogen) atoms. The molecule has 6 heteroatoms. The van der Waals surface area contributed by atoms with Crippen molar-refractivity contribution in [1.82, 2.24) is 9.80 Å². The van der Waals surface area contributed by atoms with Gasteiger partial charge in [-0.1, -0.05) is 0 Å². The second-order valence-corrected chi connectivity index (χ2v) is 5.79. The molecule has 2 fully saturated rings. The van der Waals surface area contributed by atoms with E-state index in [0.717, 1.165) is 45.4 Å². The van der Waals surface area contributed by atoms with E-state index >= 15 is 0 Å². The topological polar surface area (TPSA) is 70.1 Å². The first-order valence-corrected chi connectivity index (χ1v) is 7.39. The van der Waals surface area contributed by atoms with Gasteiger partial charge in [0.05, 0.1) is 6.42 Å². The third-order valence-corrected chi connectivity index (χ3v) is 4.00. The fraction of sp³-hybridized carbons (Fsp3) is 0.857. The predicted molar refractivity (Wildman–Crippen MR) is 73.5 cm³/mol. The molecule has 0 radical (unpaired) electrons. The summed E-state index contributed by atoms with van der Waals surface area (Å²) in [6, 6.07) is 0.222. The van der Waals surface area contributed by atoms with E-state index in [-0.39, 0.29) is 18.5 Å². The lowest BCUT2D eigenvalue weighted by Crippen LogP contribution is -2.45. The van der Waals surface area contributed by atoms with Gasteiger partial charge in [-0.05, 0) is 31.6 Å². The summed E-state index contributed by atoms with van der Waals surface area (Å²) in [4.78, 5) is 26.6. The Morgan fingerprint density at radius 3 is 2.40 bits per heavy atom. The molecular weight excluding hydrogens is 260 g/mol. The van der Waals surface area contributed by atoms with Crippen molar-refractivity contribution in [3.05, 3.63) is 0 Å². The second kappa shape index (κ2) is 6.92. The highest BCUT2D eigenvalue weighted by molar-refractivity contribution is 5.76. The second-order valence-electron chi connectivity index (χ2n) is 5.79. The summed E-state index contributed by atoms with van der Waals surface area (Å²) in [6.45, 7) is 2.60. The van der Waals surface area contributed by atoms with E-state index in [0.29, 0.717) is 12.5 Å². The molecule has 1 saturated heterocycles. The molecule has 0 aromatic rings. The van der Waals surface area contributed by atoms with Gasteiger partial charge in [-0.25, -0.2) is 4.79 Å². The number of hydrogen-bond donors (Lipinski definition) is 1. The lowest BCUT2D eigenvalue weighted by atomic mass is 10.00. The molecule has 1 heterocycles. The molecule has 2 rings (SSSR count). The van der Waals surface area contributed by atoms with Crippen molar-refractivity contribution in [1.29, 1.82) is 0 Å². The molecule has 0 aromatic heterocycles. The predicted octanol–water partition coefficient (Wildman–Crippen LogP) is 1.40. The summed E-state index contributed by atoms with van der Waals surface area (Å²) >= 11 is 0. The molecule has 0 spiro atoms. The van der Waals surface area contributed by atoms with Gasteiger partial charge in [-0.3, -0.25) is 4.79 Å². The van der Waals surface area contributed by atoms with Crippen molar-refractivity contribution in [3.8, 4) is 0 Å². The van der Waals surface area contributed by atoms with Gasteiger partial charge in [-0.15, -0.1) is 0 Å². The van der Waals surface area contributed by atoms with Crippen LogP contribution in [0.5, 0.6) is 0 Å². The number of hydrogen-bond acceptors (Lipinski definition) is 3. The summed E-state index contributed by atoms with van der Waals surface area (Å²) in [5.41, 5.74) is 0. The highest BCUT2D eigenvalue weighted by Crippen LogP contribution is 2.28. The van der Waals surface area contributed by atoms with Crippen LogP contribution in [0.1, 0.15) is 32.1 Å². The number of carbonyl (C=O) groups is 2. The van der Waals surface area contributed by atoms with Gasteiger partial charge in [0.1, 0.15) is 0 Å². The van der Waals surface area contributed by atoms with Gasteiger partial charge in [0.15, 0.2) is 0 Å². The van der Waals surface area contributed by atoms with E-state index in [1.165, 1.54) is 0 Å². The highest BCUT2D eigenvalue weighted by atomic mass is 16.5. The number of carboxylic acids is 1. The number of nitrogens with zero attached hydrogens (tertiary/aromatic N) is 2. The number of amides is 2. The van der Waals surface area contributed by atoms with Crippen LogP contribution in [0.15, 0.2) is 0 Å². The molecule has 114 valence electrons.